The number of rotatable bonds is 32. The van der Waals surface area contributed by atoms with Gasteiger partial charge in [-0.05, 0) is 204 Å². The van der Waals surface area contributed by atoms with Crippen LogP contribution in [0.15, 0.2) is 165 Å². The molecule has 5 saturated heterocycles. The lowest BCUT2D eigenvalue weighted by molar-refractivity contribution is 0.0115. The summed E-state index contributed by atoms with van der Waals surface area (Å²) >= 11 is 18.7. The summed E-state index contributed by atoms with van der Waals surface area (Å²) in [7, 11) is 1.44. The number of methoxy groups -OCH3 is 3. The number of guanidine groups is 1. The number of para-hydroxylation sites is 2. The van der Waals surface area contributed by atoms with Crippen molar-refractivity contribution in [3.8, 4) is 23.0 Å². The number of nitrogens with one attached hydrogen (secondary N) is 8. The monoisotopic (exact) mass is 1900 g/mol. The predicted molar refractivity (Wildman–Crippen MR) is 542 cm³/mol. The van der Waals surface area contributed by atoms with Crippen molar-refractivity contribution in [1.82, 2.24) is 45.1 Å². The smallest absolute Gasteiger partial charge is 0.317 e. The molecular weight excluding hydrogens is 1770 g/mol. The van der Waals surface area contributed by atoms with Crippen molar-refractivity contribution in [3.63, 3.8) is 0 Å². The zero-order valence-electron chi connectivity index (χ0n) is 77.7. The van der Waals surface area contributed by atoms with Gasteiger partial charge in [0.25, 0.3) is 0 Å². The lowest BCUT2D eigenvalue weighted by Crippen LogP contribution is -2.53. The van der Waals surface area contributed by atoms with Crippen LogP contribution in [-0.2, 0) is 18.4 Å². The van der Waals surface area contributed by atoms with Gasteiger partial charge in [-0.3, -0.25) is 9.80 Å². The van der Waals surface area contributed by atoms with Gasteiger partial charge < -0.3 is 109 Å². The molecule has 1 aliphatic carbocycles. The van der Waals surface area contributed by atoms with Crippen molar-refractivity contribution in [2.24, 2.45) is 20.9 Å². The molecule has 2 amide bonds. The van der Waals surface area contributed by atoms with Gasteiger partial charge in [-0.25, -0.2) is 24.8 Å². The van der Waals surface area contributed by atoms with E-state index in [2.05, 4.69) is 139 Å². The maximum absolute atomic E-state index is 12.9. The first-order chi connectivity index (χ1) is 62.4. The highest BCUT2D eigenvalue weighted by Crippen LogP contribution is 2.43. The maximum atomic E-state index is 12.9. The van der Waals surface area contributed by atoms with Gasteiger partial charge in [0.2, 0.25) is 11.9 Å². The fourth-order valence-corrected chi connectivity index (χ4v) is 20.4. The summed E-state index contributed by atoms with van der Waals surface area (Å²) in [5, 5.41) is 28.8. The van der Waals surface area contributed by atoms with Crippen LogP contribution in [0.4, 0.5) is 67.7 Å². The minimum Gasteiger partial charge on any atom is -0.495 e. The van der Waals surface area contributed by atoms with Crippen LogP contribution >= 0.6 is 56.2 Å². The number of morpholine rings is 1. The quantitative estimate of drug-likeness (QED) is 0.0110. The number of urea groups is 1. The highest BCUT2D eigenvalue weighted by molar-refractivity contribution is 7.71. The number of hydrogen-bond donors (Lipinski definition) is 8. The van der Waals surface area contributed by atoms with E-state index in [-0.39, 0.29) is 18.1 Å². The van der Waals surface area contributed by atoms with Crippen LogP contribution in [0.5, 0.6) is 23.0 Å². The molecule has 6 aromatic carbocycles. The van der Waals surface area contributed by atoms with Gasteiger partial charge in [0.1, 0.15) is 55.3 Å². The summed E-state index contributed by atoms with van der Waals surface area (Å²) in [5.41, 5.74) is 9.13. The van der Waals surface area contributed by atoms with Crippen LogP contribution in [0, 0.1) is 5.92 Å². The SMILES string of the molecule is CC(C)Oc1cc(N2CCC(N3CCN(CC4CC4)CC3)CC2)ccc1Nc1ncc(Cl)c(Nc2ccccc2P(C)(C)=O)n1.CCNC(=O)N(C)CCN(C)C1CCN(c2ccc(NC(N=CNc3ccccc3P(C)(C)=O)=N/C=C/Cl)c(OC)c2)CC1.COc1cc(P(C)(C)=O)ccc1NC1=C(Cl)C=NC(Nc2ccc(N3CCC(N4CCOCC4)CC3)cc2OC)N1. The van der Waals surface area contributed by atoms with Crippen LogP contribution in [0.2, 0.25) is 5.02 Å². The Kier molecular flexibility index (Phi) is 36.3. The number of carbonyl (C=O) groups excluding carboxylic acids is 1. The third kappa shape index (κ3) is 28.6. The Morgan fingerprint density at radius 2 is 1.15 bits per heavy atom. The topological polar surface area (TPSA) is 299 Å². The first kappa shape index (κ1) is 99.7. The van der Waals surface area contributed by atoms with Gasteiger partial charge >= 0.3 is 6.03 Å². The molecule has 7 aromatic rings. The summed E-state index contributed by atoms with van der Waals surface area (Å²) in [6, 6.07) is 40.8. The van der Waals surface area contributed by atoms with Gasteiger partial charge in [-0.15, -0.1) is 0 Å². The summed E-state index contributed by atoms with van der Waals surface area (Å²) in [5.74, 6) is 5.38. The van der Waals surface area contributed by atoms with Crippen molar-refractivity contribution in [2.75, 3.05) is 240 Å². The number of allylic oxidation sites excluding steroid dienone is 1. The molecule has 1 aromatic heterocycles. The molecule has 7 aliphatic rings. The number of hydrogen-bond acceptors (Lipinski definition) is 25. The zero-order chi connectivity index (χ0) is 92.7. The Bertz CT molecular complexity index is 5230. The number of carbonyl (C=O) groups is 1. The van der Waals surface area contributed by atoms with Crippen molar-refractivity contribution in [3.05, 3.63) is 155 Å². The normalized spacial score (nSPS) is 18.0. The fraction of sp³-hybridized carbons (Fsp3) is 0.489. The molecule has 6 aliphatic heterocycles. The van der Waals surface area contributed by atoms with Crippen molar-refractivity contribution < 1.29 is 42.2 Å². The van der Waals surface area contributed by atoms with Gasteiger partial charge in [-0.2, -0.15) is 4.98 Å². The first-order valence-electron chi connectivity index (χ1n) is 45.0. The molecule has 130 heavy (non-hydrogen) atoms. The van der Waals surface area contributed by atoms with E-state index in [9.17, 15) is 18.5 Å². The molecule has 14 rings (SSSR count). The third-order valence-corrected chi connectivity index (χ3v) is 29.6. The summed E-state index contributed by atoms with van der Waals surface area (Å²) < 4.78 is 66.9. The van der Waals surface area contributed by atoms with E-state index in [1.54, 1.807) is 84.7 Å². The number of benzene rings is 6. The minimum atomic E-state index is -2.52. The molecular formula is C94H133Cl3N21O9P3. The molecule has 8 N–H and O–H groups in total. The Hall–Kier alpha value is -9.28. The second-order valence-corrected chi connectivity index (χ2v) is 45.8. The van der Waals surface area contributed by atoms with Gasteiger partial charge in [-0.1, -0.05) is 59.1 Å². The predicted octanol–water partition coefficient (Wildman–Crippen LogP) is 15.9. The van der Waals surface area contributed by atoms with Crippen LogP contribution in [0.25, 0.3) is 0 Å². The fourth-order valence-electron chi connectivity index (χ4n) is 16.9. The van der Waals surface area contributed by atoms with Crippen molar-refractivity contribution in [2.45, 2.75) is 103 Å². The van der Waals surface area contributed by atoms with E-state index >= 15 is 0 Å². The van der Waals surface area contributed by atoms with Crippen LogP contribution in [0.3, 0.4) is 0 Å². The number of amides is 2. The molecule has 0 radical (unpaired) electrons. The Morgan fingerprint density at radius 3 is 1.73 bits per heavy atom. The van der Waals surface area contributed by atoms with E-state index in [0.29, 0.717) is 87.4 Å². The molecule has 36 heteroatoms. The molecule has 0 spiro atoms. The first-order valence-corrected chi connectivity index (χ1v) is 54.0. The maximum Gasteiger partial charge on any atom is 0.317 e. The minimum absolute atomic E-state index is 0.00348. The van der Waals surface area contributed by atoms with E-state index in [1.165, 1.54) is 82.2 Å². The van der Waals surface area contributed by atoms with Crippen molar-refractivity contribution >= 4 is 160 Å². The number of piperazine rings is 1. The molecule has 1 saturated carbocycles. The highest BCUT2D eigenvalue weighted by atomic mass is 35.5. The lowest BCUT2D eigenvalue weighted by Gasteiger charge is -2.43. The lowest BCUT2D eigenvalue weighted by atomic mass is 10.0. The molecule has 6 fully saturated rings. The number of piperidine rings is 3. The number of nitrogens with zero attached hydrogens (tertiary/aromatic N) is 13. The summed E-state index contributed by atoms with van der Waals surface area (Å²) in [6.07, 6.45) is 15.2. The van der Waals surface area contributed by atoms with Gasteiger partial charge in [0, 0.05) is 205 Å². The zero-order valence-corrected chi connectivity index (χ0v) is 82.7. The average Bonchev–Trinajstić information content (AvgIpc) is 1.71. The molecule has 1 atom stereocenters. The molecule has 7 heterocycles. The van der Waals surface area contributed by atoms with E-state index in [1.807, 2.05) is 113 Å². The van der Waals surface area contributed by atoms with Crippen LogP contribution in [-0.4, -0.2) is 283 Å². The number of halogens is 3. The van der Waals surface area contributed by atoms with Gasteiger partial charge in [0.15, 0.2) is 12.1 Å². The molecule has 0 bridgehead atoms. The highest BCUT2D eigenvalue weighted by Gasteiger charge is 2.34. The van der Waals surface area contributed by atoms with Gasteiger partial charge in [0.05, 0.1) is 86.7 Å². The second-order valence-electron chi connectivity index (χ2n) is 35.1. The number of likely N-dealkylation sites (N-methyl/N-ethyl adjacent to an activating group) is 2. The molecule has 1 unspecified atom stereocenters. The third-order valence-electron chi connectivity index (χ3n) is 24.3. The van der Waals surface area contributed by atoms with Crippen LogP contribution < -0.4 is 92.1 Å². The number of aliphatic imine (C=N–C) groups is 3. The number of anilines is 11. The van der Waals surface area contributed by atoms with Crippen LogP contribution in [0.1, 0.15) is 72.1 Å². The molecule has 704 valence electrons. The van der Waals surface area contributed by atoms with E-state index < -0.39 is 27.7 Å². The van der Waals surface area contributed by atoms with Crippen molar-refractivity contribution in [1.29, 1.82) is 0 Å². The Labute approximate surface area is 783 Å². The number of aromatic nitrogens is 2. The summed E-state index contributed by atoms with van der Waals surface area (Å²) in [6.45, 7) is 34.5. The van der Waals surface area contributed by atoms with E-state index in [4.69, 9.17) is 58.5 Å². The number of ether oxygens (including phenoxy) is 5. The average molecular weight is 1900 g/mol. The largest absolute Gasteiger partial charge is 0.495 e. The second kappa shape index (κ2) is 47.4. The molecule has 30 nitrogen and oxygen atoms in total. The standard InChI is InChI=1S/C34H47ClN7O2P.C31H46ClN8O3P.C29H40ClN6O4P/c1-24(2)44-31-21-27(41-15-13-26(14-16-41)42-19-17-40(18-20-42)23-25-9-10-25)11-12-29(31)38-34-36-22-28(35)33(39-34)37-30-7-5-6-8-32(30)45(3,4)43;1-7-33-31(41)39(3)21-20-38(2)24-14-18-40(19-15-24)25-12-13-26(28(22-25)43-4)37-30(34-17-16-32)36-23-35-27-10-8-9-11-29(27)44(5,6)42;1-38-26-17-21(35-11-9-20(10-12-35)36-13-15-40-16-14-36)5-7-25(26)33-29-31-19-23(30)28(34-29)32-24-8-6-22(41(3,4)37)18-27(24)39-2/h5-8,11-12,21-22,24-26H,9-10,13-20,23H2,1-4H3,(H2,36,37,38,39);8-13,16-17,22-24H,7,14-15,18-21H2,1-6H3,(H,33,41)(H2,34,35,36,37);5-8,17-20,29,32-34H,9-16H2,1-4H3/b;17-16+;. The van der Waals surface area contributed by atoms with E-state index in [0.717, 1.165) is 160 Å². The Morgan fingerprint density at radius 1 is 0.615 bits per heavy atom. The Balaban J connectivity index is 0.000000177. The summed E-state index contributed by atoms with van der Waals surface area (Å²) in [4.78, 5) is 53.7.